The van der Waals surface area contributed by atoms with Crippen molar-refractivity contribution in [3.05, 3.63) is 84.4 Å². The maximum Gasteiger partial charge on any atom is 0.253 e. The summed E-state index contributed by atoms with van der Waals surface area (Å²) in [5, 5.41) is 5.99. The number of rotatable bonds is 7. The van der Waals surface area contributed by atoms with Crippen LogP contribution in [0.4, 0.5) is 11.4 Å². The van der Waals surface area contributed by atoms with Crippen LogP contribution in [0.25, 0.3) is 0 Å². The van der Waals surface area contributed by atoms with Crippen molar-refractivity contribution in [1.29, 1.82) is 0 Å². The molecule has 1 saturated heterocycles. The van der Waals surface area contributed by atoms with E-state index in [0.29, 0.717) is 18.9 Å². The van der Waals surface area contributed by atoms with Crippen LogP contribution >= 0.6 is 24.0 Å². The van der Waals surface area contributed by atoms with Gasteiger partial charge in [0, 0.05) is 24.0 Å². The lowest BCUT2D eigenvalue weighted by Crippen LogP contribution is -2.26. The summed E-state index contributed by atoms with van der Waals surface area (Å²) in [4.78, 5) is 16.6. The second-order valence-corrected chi connectivity index (χ2v) is 7.46. The topological polar surface area (TPSA) is 98.0 Å². The molecule has 1 heterocycles. The molecule has 0 aliphatic carbocycles. The van der Waals surface area contributed by atoms with Gasteiger partial charge in [-0.25, -0.2) is 4.99 Å². The SMILES string of the molecule is I.NC(=NCc1cccc(NC(=O)C2CCCO2)c1)Nc1cccc(Oc2ccccc2)c1. The van der Waals surface area contributed by atoms with Crippen molar-refractivity contribution in [2.75, 3.05) is 17.2 Å². The maximum absolute atomic E-state index is 12.2. The molecule has 0 saturated carbocycles. The van der Waals surface area contributed by atoms with Gasteiger partial charge in [0.25, 0.3) is 5.91 Å². The molecule has 0 aromatic heterocycles. The molecule has 4 N–H and O–H groups in total. The number of amides is 1. The molecule has 1 atom stereocenters. The van der Waals surface area contributed by atoms with Gasteiger partial charge in [-0.05, 0) is 54.8 Å². The van der Waals surface area contributed by atoms with E-state index in [2.05, 4.69) is 15.6 Å². The molecule has 4 rings (SSSR count). The molecule has 33 heavy (non-hydrogen) atoms. The van der Waals surface area contributed by atoms with E-state index in [1.54, 1.807) is 0 Å². The molecule has 3 aromatic carbocycles. The van der Waals surface area contributed by atoms with E-state index >= 15 is 0 Å². The predicted octanol–water partition coefficient (Wildman–Crippen LogP) is 5.14. The molecule has 3 aromatic rings. The Labute approximate surface area is 210 Å². The Morgan fingerprint density at radius 2 is 1.70 bits per heavy atom. The summed E-state index contributed by atoms with van der Waals surface area (Å²) < 4.78 is 11.3. The predicted molar refractivity (Wildman–Crippen MR) is 141 cm³/mol. The molecule has 0 radical (unpaired) electrons. The summed E-state index contributed by atoms with van der Waals surface area (Å²) >= 11 is 0. The molecule has 1 amide bonds. The number of guanidine groups is 1. The van der Waals surface area contributed by atoms with Crippen LogP contribution in [0.15, 0.2) is 83.9 Å². The fourth-order valence-corrected chi connectivity index (χ4v) is 3.38. The number of nitrogens with two attached hydrogens (primary N) is 1. The number of carbonyl (C=O) groups excluding carboxylic acids is 1. The van der Waals surface area contributed by atoms with Gasteiger partial charge in [-0.2, -0.15) is 0 Å². The maximum atomic E-state index is 12.2. The minimum absolute atomic E-state index is 0. The molecule has 1 unspecified atom stereocenters. The van der Waals surface area contributed by atoms with Crippen LogP contribution in [0.3, 0.4) is 0 Å². The van der Waals surface area contributed by atoms with Crippen LogP contribution < -0.4 is 21.1 Å². The highest BCUT2D eigenvalue weighted by molar-refractivity contribution is 14.0. The number of carbonyl (C=O) groups is 1. The molecular weight excluding hydrogens is 531 g/mol. The second-order valence-electron chi connectivity index (χ2n) is 7.46. The lowest BCUT2D eigenvalue weighted by molar-refractivity contribution is -0.124. The first-order chi connectivity index (χ1) is 15.7. The number of para-hydroxylation sites is 1. The first kappa shape index (κ1) is 24.5. The van der Waals surface area contributed by atoms with E-state index < -0.39 is 0 Å². The van der Waals surface area contributed by atoms with Gasteiger partial charge in [-0.1, -0.05) is 36.4 Å². The number of anilines is 2. The zero-order valence-corrected chi connectivity index (χ0v) is 20.4. The number of halogens is 1. The minimum atomic E-state index is -0.363. The van der Waals surface area contributed by atoms with Gasteiger partial charge in [-0.15, -0.1) is 24.0 Å². The summed E-state index contributed by atoms with van der Waals surface area (Å²) in [6.45, 7) is 1.02. The summed E-state index contributed by atoms with van der Waals surface area (Å²) in [6, 6.07) is 24.6. The highest BCUT2D eigenvalue weighted by Crippen LogP contribution is 2.24. The number of hydrogen-bond donors (Lipinski definition) is 3. The molecule has 8 heteroatoms. The third-order valence-electron chi connectivity index (χ3n) is 4.93. The lowest BCUT2D eigenvalue weighted by Gasteiger charge is -2.11. The quantitative estimate of drug-likeness (QED) is 0.212. The molecule has 0 bridgehead atoms. The van der Waals surface area contributed by atoms with Crippen LogP contribution in [0, 0.1) is 0 Å². The van der Waals surface area contributed by atoms with Crippen LogP contribution in [-0.4, -0.2) is 24.6 Å². The molecule has 1 fully saturated rings. The van der Waals surface area contributed by atoms with E-state index in [9.17, 15) is 4.79 Å². The summed E-state index contributed by atoms with van der Waals surface area (Å²) in [6.07, 6.45) is 1.31. The highest BCUT2D eigenvalue weighted by Gasteiger charge is 2.23. The third kappa shape index (κ3) is 7.47. The smallest absolute Gasteiger partial charge is 0.253 e. The van der Waals surface area contributed by atoms with Crippen LogP contribution in [0.1, 0.15) is 18.4 Å². The fourth-order valence-electron chi connectivity index (χ4n) is 3.38. The van der Waals surface area contributed by atoms with Gasteiger partial charge < -0.3 is 25.8 Å². The normalized spacial score (nSPS) is 15.4. The zero-order chi connectivity index (χ0) is 22.2. The Bertz CT molecular complexity index is 1090. The van der Waals surface area contributed by atoms with Gasteiger partial charge in [0.1, 0.15) is 17.6 Å². The van der Waals surface area contributed by atoms with Gasteiger partial charge in [0.05, 0.1) is 6.54 Å². The number of aliphatic imine (C=N–C) groups is 1. The van der Waals surface area contributed by atoms with Gasteiger partial charge in [-0.3, -0.25) is 4.79 Å². The largest absolute Gasteiger partial charge is 0.457 e. The van der Waals surface area contributed by atoms with Gasteiger partial charge >= 0.3 is 0 Å². The summed E-state index contributed by atoms with van der Waals surface area (Å²) in [5.74, 6) is 1.64. The van der Waals surface area contributed by atoms with Crippen LogP contribution in [0.5, 0.6) is 11.5 Å². The van der Waals surface area contributed by atoms with Crippen molar-refractivity contribution in [3.8, 4) is 11.5 Å². The number of nitrogens with one attached hydrogen (secondary N) is 2. The molecule has 1 aliphatic rings. The van der Waals surface area contributed by atoms with Crippen LogP contribution in [-0.2, 0) is 16.1 Å². The van der Waals surface area contributed by atoms with E-state index in [1.165, 1.54) is 0 Å². The van der Waals surface area contributed by atoms with E-state index in [-0.39, 0.29) is 41.9 Å². The number of ether oxygens (including phenoxy) is 2. The van der Waals surface area contributed by atoms with Crippen molar-refractivity contribution in [3.63, 3.8) is 0 Å². The van der Waals surface area contributed by atoms with Crippen LogP contribution in [0.2, 0.25) is 0 Å². The number of benzene rings is 3. The molecule has 172 valence electrons. The van der Waals surface area contributed by atoms with Crippen molar-refractivity contribution >= 4 is 47.2 Å². The van der Waals surface area contributed by atoms with Gasteiger partial charge in [0.2, 0.25) is 0 Å². The number of nitrogens with zero attached hydrogens (tertiary/aromatic N) is 1. The van der Waals surface area contributed by atoms with Crippen molar-refractivity contribution in [2.24, 2.45) is 10.7 Å². The van der Waals surface area contributed by atoms with Crippen molar-refractivity contribution in [2.45, 2.75) is 25.5 Å². The minimum Gasteiger partial charge on any atom is -0.457 e. The van der Waals surface area contributed by atoms with Crippen molar-refractivity contribution in [1.82, 2.24) is 0 Å². The van der Waals surface area contributed by atoms with E-state index in [1.807, 2.05) is 78.9 Å². The Balaban J connectivity index is 0.00000306. The molecular formula is C25H27IN4O3. The molecule has 7 nitrogen and oxygen atoms in total. The Kier molecular flexibility index (Phi) is 9.08. The zero-order valence-electron chi connectivity index (χ0n) is 18.1. The van der Waals surface area contributed by atoms with E-state index in [4.69, 9.17) is 15.2 Å². The first-order valence-electron chi connectivity index (χ1n) is 10.6. The Hall–Kier alpha value is -3.11. The highest BCUT2D eigenvalue weighted by atomic mass is 127. The second kappa shape index (κ2) is 12.2. The first-order valence-corrected chi connectivity index (χ1v) is 10.6. The average Bonchev–Trinajstić information content (AvgIpc) is 3.34. The van der Waals surface area contributed by atoms with Gasteiger partial charge in [0.15, 0.2) is 5.96 Å². The summed E-state index contributed by atoms with van der Waals surface area (Å²) in [7, 11) is 0. The monoisotopic (exact) mass is 558 g/mol. The third-order valence-corrected chi connectivity index (χ3v) is 4.93. The Morgan fingerprint density at radius 3 is 2.45 bits per heavy atom. The lowest BCUT2D eigenvalue weighted by atomic mass is 10.2. The summed E-state index contributed by atoms with van der Waals surface area (Å²) in [5.41, 5.74) is 8.49. The molecule has 0 spiro atoms. The number of hydrogen-bond acceptors (Lipinski definition) is 4. The average molecular weight is 558 g/mol. The Morgan fingerprint density at radius 1 is 0.970 bits per heavy atom. The fraction of sp³-hybridized carbons (Fsp3) is 0.200. The van der Waals surface area contributed by atoms with Crippen molar-refractivity contribution < 1.29 is 14.3 Å². The van der Waals surface area contributed by atoms with E-state index in [0.717, 1.165) is 35.5 Å². The standard InChI is InChI=1S/C25H26N4O3.HI/c26-25(29-20-9-5-12-22(16-20)32-21-10-2-1-3-11-21)27-17-18-7-4-8-19(15-18)28-24(30)23-13-6-14-31-23;/h1-5,7-12,15-16,23H,6,13-14,17H2,(H,28,30)(H3,26,27,29);1H. The molecule has 1 aliphatic heterocycles.